The van der Waals surface area contributed by atoms with Gasteiger partial charge in [-0.15, -0.1) is 0 Å². The Bertz CT molecular complexity index is 496. The van der Waals surface area contributed by atoms with Gasteiger partial charge in [-0.1, -0.05) is 42.5 Å². The van der Waals surface area contributed by atoms with Gasteiger partial charge in [-0.05, 0) is 24.4 Å². The maximum atomic E-state index is 13.3. The van der Waals surface area contributed by atoms with Crippen LogP contribution < -0.4 is 4.74 Å². The maximum absolute atomic E-state index is 13.3. The Morgan fingerprint density at radius 3 is 2.25 bits per heavy atom. The molecule has 16 heavy (non-hydrogen) atoms. The predicted molar refractivity (Wildman–Crippen MR) is 65.2 cm³/mol. The topological polar surface area (TPSA) is 9.23 Å². The Kier molecular flexibility index (Phi) is 3.27. The van der Waals surface area contributed by atoms with Gasteiger partial charge < -0.3 is 4.74 Å². The molecule has 2 rings (SSSR count). The van der Waals surface area contributed by atoms with E-state index in [-0.39, 0.29) is 10.8 Å². The lowest BCUT2D eigenvalue weighted by molar-refractivity contribution is 0.500. The molecule has 1 nitrogen and oxygen atoms in total. The number of hydrogen-bond donors (Lipinski definition) is 0. The summed E-state index contributed by atoms with van der Waals surface area (Å²) in [7, 11) is 0. The first-order valence-corrected chi connectivity index (χ1v) is 5.20. The molecule has 80 valence electrons. The van der Waals surface area contributed by atoms with Crippen molar-refractivity contribution in [2.75, 3.05) is 0 Å². The molecule has 0 N–H and O–H groups in total. The first-order chi connectivity index (χ1) is 7.77. The second-order valence-corrected chi connectivity index (χ2v) is 3.56. The molecule has 2 aromatic rings. The third-order valence-corrected chi connectivity index (χ3v) is 2.37. The van der Waals surface area contributed by atoms with Crippen molar-refractivity contribution in [2.24, 2.45) is 0 Å². The molecule has 0 amide bonds. The molecule has 0 spiro atoms. The molecule has 0 aliphatic carbocycles. The van der Waals surface area contributed by atoms with Crippen LogP contribution in [0.1, 0.15) is 5.56 Å². The SMILES string of the molecule is Fc1ccccc1OC(=S)c1ccccc1. The molecule has 0 aromatic heterocycles. The summed E-state index contributed by atoms with van der Waals surface area (Å²) in [5.74, 6) is -0.267. The summed E-state index contributed by atoms with van der Waals surface area (Å²) < 4.78 is 18.6. The van der Waals surface area contributed by atoms with E-state index in [1.165, 1.54) is 6.07 Å². The van der Waals surface area contributed by atoms with Crippen LogP contribution in [0.3, 0.4) is 0 Å². The third-order valence-electron chi connectivity index (χ3n) is 2.05. The quantitative estimate of drug-likeness (QED) is 0.732. The van der Waals surface area contributed by atoms with E-state index in [4.69, 9.17) is 17.0 Å². The molecule has 0 saturated heterocycles. The van der Waals surface area contributed by atoms with Crippen molar-refractivity contribution >= 4 is 17.3 Å². The summed E-state index contributed by atoms with van der Waals surface area (Å²) in [4.78, 5) is 0. The zero-order valence-corrected chi connectivity index (χ0v) is 9.21. The molecule has 0 saturated carbocycles. The van der Waals surface area contributed by atoms with Crippen molar-refractivity contribution in [3.63, 3.8) is 0 Å². The van der Waals surface area contributed by atoms with Crippen molar-refractivity contribution in [3.05, 3.63) is 66.0 Å². The van der Waals surface area contributed by atoms with E-state index in [0.717, 1.165) is 5.56 Å². The Morgan fingerprint density at radius 1 is 0.938 bits per heavy atom. The van der Waals surface area contributed by atoms with E-state index in [1.807, 2.05) is 30.3 Å². The number of para-hydroxylation sites is 1. The summed E-state index contributed by atoms with van der Waals surface area (Å²) in [5.41, 5.74) is 0.765. The van der Waals surface area contributed by atoms with E-state index in [2.05, 4.69) is 0 Å². The highest BCUT2D eigenvalue weighted by atomic mass is 32.1. The molecule has 3 heteroatoms. The van der Waals surface area contributed by atoms with Gasteiger partial charge in [0.1, 0.15) is 0 Å². The Hall–Kier alpha value is -1.74. The molecule has 0 unspecified atom stereocenters. The highest BCUT2D eigenvalue weighted by molar-refractivity contribution is 7.80. The normalized spacial score (nSPS) is 9.81. The van der Waals surface area contributed by atoms with Crippen LogP contribution in [0.2, 0.25) is 0 Å². The molecule has 0 aliphatic rings. The van der Waals surface area contributed by atoms with Crippen LogP contribution in [-0.4, -0.2) is 5.05 Å². The Labute approximate surface area is 98.5 Å². The molecule has 2 aromatic carbocycles. The van der Waals surface area contributed by atoms with E-state index in [9.17, 15) is 4.39 Å². The first kappa shape index (κ1) is 10.8. The summed E-state index contributed by atoms with van der Waals surface area (Å²) in [6.07, 6.45) is 0. The van der Waals surface area contributed by atoms with Crippen LogP contribution in [0.25, 0.3) is 0 Å². The lowest BCUT2D eigenvalue weighted by Crippen LogP contribution is -2.07. The van der Waals surface area contributed by atoms with Gasteiger partial charge in [0.05, 0.1) is 0 Å². The zero-order chi connectivity index (χ0) is 11.4. The molecule has 0 bridgehead atoms. The fourth-order valence-electron chi connectivity index (χ4n) is 1.26. The molecular formula is C13H9FOS. The molecular weight excluding hydrogens is 223 g/mol. The predicted octanol–water partition coefficient (Wildman–Crippen LogP) is 3.58. The monoisotopic (exact) mass is 232 g/mol. The molecule has 0 radical (unpaired) electrons. The largest absolute Gasteiger partial charge is 0.442 e. The van der Waals surface area contributed by atoms with Gasteiger partial charge in [0, 0.05) is 5.56 Å². The molecule has 0 heterocycles. The third kappa shape index (κ3) is 2.44. The van der Waals surface area contributed by atoms with Crippen LogP contribution in [-0.2, 0) is 0 Å². The summed E-state index contributed by atoms with van der Waals surface area (Å²) >= 11 is 5.07. The van der Waals surface area contributed by atoms with Crippen molar-refractivity contribution in [1.29, 1.82) is 0 Å². The van der Waals surface area contributed by atoms with Crippen LogP contribution in [0.4, 0.5) is 4.39 Å². The van der Waals surface area contributed by atoms with Crippen LogP contribution in [0.5, 0.6) is 5.75 Å². The van der Waals surface area contributed by atoms with Gasteiger partial charge in [0.15, 0.2) is 16.6 Å². The standard InChI is InChI=1S/C13H9FOS/c14-11-8-4-5-9-12(11)15-13(16)10-6-2-1-3-7-10/h1-9H. The van der Waals surface area contributed by atoms with Gasteiger partial charge >= 0.3 is 0 Å². The van der Waals surface area contributed by atoms with Crippen LogP contribution in [0, 0.1) is 5.82 Å². The maximum Gasteiger partial charge on any atom is 0.198 e. The summed E-state index contributed by atoms with van der Waals surface area (Å²) in [5, 5.41) is 0.269. The fraction of sp³-hybridized carbons (Fsp3) is 0. The van der Waals surface area contributed by atoms with Crippen molar-refractivity contribution in [3.8, 4) is 5.75 Å². The highest BCUT2D eigenvalue weighted by Gasteiger charge is 2.06. The second-order valence-electron chi connectivity index (χ2n) is 3.19. The minimum absolute atomic E-state index is 0.149. The van der Waals surface area contributed by atoms with Gasteiger partial charge in [-0.3, -0.25) is 0 Å². The fourth-order valence-corrected chi connectivity index (χ4v) is 1.49. The number of hydrogen-bond acceptors (Lipinski definition) is 2. The average molecular weight is 232 g/mol. The molecule has 0 fully saturated rings. The average Bonchev–Trinajstić information content (AvgIpc) is 2.33. The van der Waals surface area contributed by atoms with Crippen molar-refractivity contribution in [2.45, 2.75) is 0 Å². The van der Waals surface area contributed by atoms with Crippen LogP contribution in [0.15, 0.2) is 54.6 Å². The lowest BCUT2D eigenvalue weighted by Gasteiger charge is -2.07. The zero-order valence-electron chi connectivity index (χ0n) is 8.39. The van der Waals surface area contributed by atoms with Crippen molar-refractivity contribution in [1.82, 2.24) is 0 Å². The first-order valence-electron chi connectivity index (χ1n) is 4.79. The number of halogens is 1. The second kappa shape index (κ2) is 4.86. The van der Waals surface area contributed by atoms with Gasteiger partial charge in [-0.25, -0.2) is 4.39 Å². The highest BCUT2D eigenvalue weighted by Crippen LogP contribution is 2.17. The number of ether oxygens (including phenoxy) is 1. The minimum Gasteiger partial charge on any atom is -0.442 e. The summed E-state index contributed by atoms with van der Waals surface area (Å²) in [6, 6.07) is 15.4. The van der Waals surface area contributed by atoms with E-state index in [0.29, 0.717) is 0 Å². The number of thiocarbonyl (C=S) groups is 1. The molecule has 0 atom stereocenters. The van der Waals surface area contributed by atoms with Gasteiger partial charge in [0.25, 0.3) is 0 Å². The van der Waals surface area contributed by atoms with Crippen molar-refractivity contribution < 1.29 is 9.13 Å². The Balaban J connectivity index is 2.18. The number of rotatable bonds is 2. The van der Waals surface area contributed by atoms with Gasteiger partial charge in [-0.2, -0.15) is 0 Å². The molecule has 0 aliphatic heterocycles. The van der Waals surface area contributed by atoms with E-state index < -0.39 is 5.82 Å². The summed E-state index contributed by atoms with van der Waals surface area (Å²) in [6.45, 7) is 0. The van der Waals surface area contributed by atoms with E-state index in [1.54, 1.807) is 18.2 Å². The smallest absolute Gasteiger partial charge is 0.198 e. The lowest BCUT2D eigenvalue weighted by atomic mass is 10.2. The van der Waals surface area contributed by atoms with Gasteiger partial charge in [0.2, 0.25) is 0 Å². The van der Waals surface area contributed by atoms with Crippen LogP contribution >= 0.6 is 12.2 Å². The number of benzene rings is 2. The minimum atomic E-state index is -0.416. The Morgan fingerprint density at radius 2 is 1.56 bits per heavy atom. The van der Waals surface area contributed by atoms with E-state index >= 15 is 0 Å².